The maximum Gasteiger partial charge on any atom is 0.673 e. The molecule has 0 aromatic carbocycles. The number of hydrogen-bond acceptors (Lipinski definition) is 4. The van der Waals surface area contributed by atoms with Gasteiger partial charge < -0.3 is 34.5 Å². The second-order valence-electron chi connectivity index (χ2n) is 7.55. The Morgan fingerprint density at radius 3 is 1.00 bits per heavy atom. The van der Waals surface area contributed by atoms with Crippen LogP contribution in [0.3, 0.4) is 0 Å². The Balaban J connectivity index is 0.000000229. The van der Waals surface area contributed by atoms with E-state index in [2.05, 4.69) is 9.80 Å². The summed E-state index contributed by atoms with van der Waals surface area (Å²) >= 11 is 0. The van der Waals surface area contributed by atoms with Crippen LogP contribution in [0.25, 0.3) is 0 Å². The zero-order valence-electron chi connectivity index (χ0n) is 16.5. The van der Waals surface area contributed by atoms with Crippen molar-refractivity contribution in [1.82, 2.24) is 9.80 Å². The van der Waals surface area contributed by atoms with Crippen molar-refractivity contribution in [3.63, 3.8) is 0 Å². The first kappa shape index (κ1) is 28.3. The topological polar surface area (TPSA) is 60.9 Å². The van der Waals surface area contributed by atoms with Gasteiger partial charge >= 0.3 is 24.8 Å². The van der Waals surface area contributed by atoms with Crippen molar-refractivity contribution in [2.45, 2.75) is 0 Å². The van der Waals surface area contributed by atoms with E-state index in [4.69, 9.17) is 4.55 Å². The molecule has 0 spiro atoms. The molecule has 6 saturated heterocycles. The molecule has 0 aromatic heterocycles. The Bertz CT molecular complexity index is 604. The Kier molecular flexibility index (Phi) is 9.54. The van der Waals surface area contributed by atoms with Gasteiger partial charge in [0.05, 0.1) is 0 Å². The molecule has 186 valence electrons. The quantitative estimate of drug-likeness (QED) is 0.196. The molecular formula is C12H25B2F9N4O3S. The van der Waals surface area contributed by atoms with Gasteiger partial charge in [-0.15, -0.1) is 13.1 Å². The molecule has 31 heavy (non-hydrogen) atoms. The maximum atomic E-state index is 13.5. The van der Waals surface area contributed by atoms with E-state index in [1.54, 1.807) is 0 Å². The Morgan fingerprint density at radius 2 is 0.839 bits per heavy atom. The molecule has 0 unspecified atom stereocenters. The van der Waals surface area contributed by atoms with Crippen LogP contribution in [0.1, 0.15) is 0 Å². The van der Waals surface area contributed by atoms with Crippen molar-refractivity contribution in [2.75, 3.05) is 78.5 Å². The molecule has 6 rings (SSSR count). The van der Waals surface area contributed by atoms with E-state index in [0.717, 1.165) is 0 Å². The van der Waals surface area contributed by atoms with E-state index in [0.29, 0.717) is 0 Å². The third-order valence-electron chi connectivity index (χ3n) is 5.41. The molecule has 1 N–H and O–H groups in total. The summed E-state index contributed by atoms with van der Waals surface area (Å²) in [5, 5.41) is 0. The highest BCUT2D eigenvalue weighted by Gasteiger charge is 2.57. The average Bonchev–Trinajstić information content (AvgIpc) is 2.61. The number of halogens is 9. The lowest BCUT2D eigenvalue weighted by atomic mass is 10.2. The molecule has 0 aromatic rings. The normalized spacial score (nSPS) is 34.4. The predicted molar refractivity (Wildman–Crippen MR) is 95.6 cm³/mol. The average molecular weight is 498 g/mol. The lowest BCUT2D eigenvalue weighted by molar-refractivity contribution is -1.12. The highest BCUT2D eigenvalue weighted by molar-refractivity contribution is 7.80. The van der Waals surface area contributed by atoms with Crippen molar-refractivity contribution < 1.29 is 60.6 Å². The summed E-state index contributed by atoms with van der Waals surface area (Å²) in [6.07, 6.45) is 0. The first-order valence-corrected chi connectivity index (χ1v) is 10.8. The van der Waals surface area contributed by atoms with Crippen LogP contribution >= 0.6 is 0 Å². The molecule has 19 heteroatoms. The van der Waals surface area contributed by atoms with Crippen LogP contribution in [0.4, 0.5) is 39.0 Å². The lowest BCUT2D eigenvalue weighted by Crippen LogP contribution is -2.73. The number of hydrogen-bond donors (Lipinski definition) is 1. The van der Waals surface area contributed by atoms with Gasteiger partial charge in [0.1, 0.15) is 19.6 Å². The van der Waals surface area contributed by atoms with E-state index in [9.17, 15) is 47.4 Å². The van der Waals surface area contributed by atoms with Crippen LogP contribution in [-0.4, -0.2) is 124 Å². The summed E-state index contributed by atoms with van der Waals surface area (Å²) in [4.78, 5) is 5.08. The molecule has 4 bridgehead atoms. The summed E-state index contributed by atoms with van der Waals surface area (Å²) in [5.41, 5.74) is 0. The summed E-state index contributed by atoms with van der Waals surface area (Å²) in [6, 6.07) is 0. The van der Waals surface area contributed by atoms with Gasteiger partial charge in [-0.25, -0.2) is 4.55 Å². The van der Waals surface area contributed by atoms with Gasteiger partial charge in [0.2, 0.25) is 0 Å². The van der Waals surface area contributed by atoms with E-state index in [1.165, 1.54) is 39.3 Å². The second-order valence-corrected chi connectivity index (χ2v) is 9.22. The van der Waals surface area contributed by atoms with E-state index in [-0.39, 0.29) is 43.2 Å². The van der Waals surface area contributed by atoms with Gasteiger partial charge in [0.25, 0.3) is 0 Å². The number of fused-ring (bicyclic) bond motifs is 6. The number of quaternary nitrogens is 2. The van der Waals surface area contributed by atoms with Crippen LogP contribution in [0.5, 0.6) is 0 Å². The zero-order valence-corrected chi connectivity index (χ0v) is 17.3. The van der Waals surface area contributed by atoms with Crippen molar-refractivity contribution in [3.8, 4) is 0 Å². The van der Waals surface area contributed by atoms with Gasteiger partial charge in [-0.2, -0.15) is 3.89 Å². The fourth-order valence-electron chi connectivity index (χ4n) is 3.62. The molecule has 0 saturated carbocycles. The minimum Gasteiger partial charge on any atom is -0.418 e. The first-order valence-electron chi connectivity index (χ1n) is 9.41. The smallest absolute Gasteiger partial charge is 0.418 e. The third kappa shape index (κ3) is 11.1. The van der Waals surface area contributed by atoms with Crippen LogP contribution in [0.2, 0.25) is 0 Å². The summed E-state index contributed by atoms with van der Waals surface area (Å²) < 4.78 is 122. The molecule has 0 aliphatic carbocycles. The standard InChI is InChI=1S/C6H12FN2O3S.C6H12N2.2BF4/c7-8-1-4-9(5-2-8,6-3-8)13(10,11)12;1-2-8-5-3-7(1)4-6-8;2*2-1(3,4)5/h1-6H2;1-6H2;;/q+1;;2*-1/p+1. The first-order chi connectivity index (χ1) is 13.8. The minimum atomic E-state index is -6.00. The molecule has 6 aliphatic rings. The highest BCUT2D eigenvalue weighted by atomic mass is 32.2. The summed E-state index contributed by atoms with van der Waals surface area (Å²) in [5.74, 6) is 0. The van der Waals surface area contributed by atoms with E-state index >= 15 is 0 Å². The zero-order chi connectivity index (χ0) is 24.1. The molecular weight excluding hydrogens is 473 g/mol. The van der Waals surface area contributed by atoms with E-state index in [1.807, 2.05) is 0 Å². The van der Waals surface area contributed by atoms with Crippen molar-refractivity contribution in [3.05, 3.63) is 0 Å². The number of nitrogens with zero attached hydrogens (tertiary/aromatic N) is 4. The van der Waals surface area contributed by atoms with E-state index < -0.39 is 29.5 Å². The monoisotopic (exact) mass is 498 g/mol. The SMILES string of the molecule is C1CN2CCN1CC2.F[B-](F)(F)F.F[B-](F)(F)F.O=S(=O)(O)[N+]12CC[N+](F)(CC1)CC2. The third-order valence-corrected chi connectivity index (χ3v) is 6.94. The van der Waals surface area contributed by atoms with Gasteiger partial charge in [-0.05, 0) is 4.48 Å². The summed E-state index contributed by atoms with van der Waals surface area (Å²) in [6.45, 7) is 9.07. The molecule has 0 radical (unpaired) electrons. The lowest BCUT2D eigenvalue weighted by Gasteiger charge is -2.46. The van der Waals surface area contributed by atoms with Crippen LogP contribution < -0.4 is 0 Å². The van der Waals surface area contributed by atoms with Crippen molar-refractivity contribution in [1.29, 1.82) is 0 Å². The highest BCUT2D eigenvalue weighted by Crippen LogP contribution is 2.29. The molecule has 7 nitrogen and oxygen atoms in total. The van der Waals surface area contributed by atoms with Crippen molar-refractivity contribution >= 4 is 24.8 Å². The molecule has 6 heterocycles. The van der Waals surface area contributed by atoms with Gasteiger partial charge in [0, 0.05) is 39.3 Å². The molecule has 6 fully saturated rings. The largest absolute Gasteiger partial charge is 0.673 e. The van der Waals surface area contributed by atoms with Crippen molar-refractivity contribution in [2.24, 2.45) is 0 Å². The minimum absolute atomic E-state index is 0.190. The fraction of sp³-hybridized carbons (Fsp3) is 1.00. The second kappa shape index (κ2) is 10.5. The fourth-order valence-corrected chi connectivity index (χ4v) is 4.56. The number of rotatable bonds is 1. The Morgan fingerprint density at radius 1 is 0.613 bits per heavy atom. The number of piperazine rings is 6. The Labute approximate surface area is 174 Å². The van der Waals surface area contributed by atoms with Crippen LogP contribution in [0.15, 0.2) is 0 Å². The van der Waals surface area contributed by atoms with Crippen LogP contribution in [-0.2, 0) is 10.3 Å². The predicted octanol–water partition coefficient (Wildman–Crippen LogP) is 1.55. The van der Waals surface area contributed by atoms with Gasteiger partial charge in [-0.1, -0.05) is 0 Å². The van der Waals surface area contributed by atoms with Gasteiger partial charge in [-0.3, -0.25) is 9.80 Å². The summed E-state index contributed by atoms with van der Waals surface area (Å²) in [7, 11) is -16.1. The Hall–Kier alpha value is -0.750. The van der Waals surface area contributed by atoms with Gasteiger partial charge in [0.15, 0.2) is 19.6 Å². The molecule has 6 aliphatic heterocycles. The molecule has 0 amide bonds. The van der Waals surface area contributed by atoms with Crippen LogP contribution in [0, 0.1) is 0 Å². The maximum absolute atomic E-state index is 13.5. The molecule has 0 atom stereocenters.